The molecule has 6 rings (SSSR count). The largest absolute Gasteiger partial charge is 0.471 e. The molecule has 0 aromatic rings. The Balaban J connectivity index is 1.06. The third kappa shape index (κ3) is 13.5. The fraction of sp³-hybridized carbons (Fsp3) is 0.745. The number of esters is 4. The number of thioether (sulfide) groups is 2. The van der Waals surface area contributed by atoms with Gasteiger partial charge in [0, 0.05) is 6.08 Å². The van der Waals surface area contributed by atoms with Gasteiger partial charge in [-0.3, -0.25) is 14.4 Å². The van der Waals surface area contributed by atoms with Crippen LogP contribution in [0.2, 0.25) is 0 Å². The Hall–Kier alpha value is -2.97. The zero-order valence-corrected chi connectivity index (χ0v) is 39.3. The van der Waals surface area contributed by atoms with Gasteiger partial charge < -0.3 is 18.9 Å². The SMILES string of the molecule is [C-]#[N+]C(C(=O)OCCCCOC(=O)C=C)=C1SC2C(OC(=O)C3CCC(C4CCC(CCCC)CC4)CC3)=CC=C(OC(=O)C3CCC(C4CCC(CCCC)CC4)CC3)C2S1. The number of ether oxygens (including phenoxy) is 4. The molecule has 2 atom stereocenters. The summed E-state index contributed by atoms with van der Waals surface area (Å²) in [6.45, 7) is 16.1. The van der Waals surface area contributed by atoms with E-state index in [-0.39, 0.29) is 42.7 Å². The van der Waals surface area contributed by atoms with E-state index in [9.17, 15) is 19.2 Å². The van der Waals surface area contributed by atoms with E-state index in [1.165, 1.54) is 113 Å². The zero-order valence-electron chi connectivity index (χ0n) is 37.6. The molecule has 0 N–H and O–H groups in total. The van der Waals surface area contributed by atoms with Gasteiger partial charge in [0.1, 0.15) is 11.5 Å². The van der Waals surface area contributed by atoms with Crippen molar-refractivity contribution in [1.82, 2.24) is 0 Å². The molecular formula is C51H73NO8S2. The number of unbranched alkanes of at least 4 members (excludes halogenated alkanes) is 3. The van der Waals surface area contributed by atoms with E-state index >= 15 is 0 Å². The van der Waals surface area contributed by atoms with Crippen LogP contribution < -0.4 is 0 Å². The van der Waals surface area contributed by atoms with Gasteiger partial charge in [0.2, 0.25) is 0 Å². The lowest BCUT2D eigenvalue weighted by molar-refractivity contribution is -0.147. The van der Waals surface area contributed by atoms with Gasteiger partial charge in [-0.25, -0.2) is 9.64 Å². The minimum Gasteiger partial charge on any atom is -0.471 e. The van der Waals surface area contributed by atoms with Crippen molar-refractivity contribution < 1.29 is 38.1 Å². The summed E-state index contributed by atoms with van der Waals surface area (Å²) < 4.78 is 23.4. The van der Waals surface area contributed by atoms with Crippen molar-refractivity contribution in [2.75, 3.05) is 13.2 Å². The van der Waals surface area contributed by atoms with Crippen LogP contribution in [0.5, 0.6) is 0 Å². The number of fused-ring (bicyclic) bond motifs is 1. The molecule has 1 heterocycles. The van der Waals surface area contributed by atoms with Crippen LogP contribution in [0.25, 0.3) is 4.85 Å². The Kier molecular flexibility index (Phi) is 19.5. The predicted molar refractivity (Wildman–Crippen MR) is 247 cm³/mol. The summed E-state index contributed by atoms with van der Waals surface area (Å²) in [5.41, 5.74) is -0.140. The summed E-state index contributed by atoms with van der Waals surface area (Å²) in [5, 5.41) is -0.920. The zero-order chi connectivity index (χ0) is 43.8. The Morgan fingerprint density at radius 3 is 1.42 bits per heavy atom. The minimum atomic E-state index is -0.737. The summed E-state index contributed by atoms with van der Waals surface area (Å²) >= 11 is 2.60. The fourth-order valence-electron chi connectivity index (χ4n) is 11.2. The second-order valence-corrected chi connectivity index (χ2v) is 21.7. The van der Waals surface area contributed by atoms with Crippen molar-refractivity contribution in [3.63, 3.8) is 0 Å². The molecule has 11 heteroatoms. The van der Waals surface area contributed by atoms with Crippen LogP contribution in [0.1, 0.15) is 168 Å². The van der Waals surface area contributed by atoms with Crippen molar-refractivity contribution >= 4 is 47.4 Å². The standard InChI is InChI=1S/C51H73NO8S2/c1-5-8-12-34-14-18-36(19-15-34)38-22-26-40(27-23-38)48(54)59-42-30-31-43(60-49(55)41-28-24-39(25-29-41)37-20-16-35(17-21-37)13-9-6-2)47-46(42)61-51(62-47)45(52-4)50(56)58-33-11-10-32-57-44(53)7-3/h7,30-31,34-41,46-47H,3,5-6,8-29,32-33H2,1-2H3. The number of hydrogen-bond donors (Lipinski definition) is 0. The van der Waals surface area contributed by atoms with Gasteiger partial charge >= 0.3 is 23.9 Å². The Labute approximate surface area is 380 Å². The molecule has 5 fully saturated rings. The van der Waals surface area contributed by atoms with Gasteiger partial charge in [-0.15, -0.1) is 23.5 Å². The third-order valence-corrected chi connectivity index (χ3v) is 18.2. The molecule has 0 spiro atoms. The maximum Gasteiger partial charge on any atom is 0.338 e. The van der Waals surface area contributed by atoms with Crippen LogP contribution in [0.3, 0.4) is 0 Å². The molecule has 5 aliphatic carbocycles. The first-order valence-corrected chi connectivity index (χ1v) is 26.2. The van der Waals surface area contributed by atoms with Crippen LogP contribution in [0, 0.1) is 53.9 Å². The fourth-order valence-corrected chi connectivity index (χ4v) is 14.3. The van der Waals surface area contributed by atoms with Gasteiger partial charge in [0.25, 0.3) is 5.70 Å². The normalized spacial score (nSPS) is 31.0. The summed E-state index contributed by atoms with van der Waals surface area (Å²) in [5.74, 6) is 3.63. The summed E-state index contributed by atoms with van der Waals surface area (Å²) in [7, 11) is 0. The van der Waals surface area contributed by atoms with Crippen molar-refractivity contribution in [2.45, 2.75) is 178 Å². The number of carbonyl (C=O) groups is 4. The number of hydrogen-bond acceptors (Lipinski definition) is 10. The molecule has 62 heavy (non-hydrogen) atoms. The quantitative estimate of drug-likeness (QED) is 0.0409. The van der Waals surface area contributed by atoms with Crippen molar-refractivity contribution in [3.8, 4) is 0 Å². The topological polar surface area (TPSA) is 110 Å². The molecule has 0 bridgehead atoms. The van der Waals surface area contributed by atoms with Gasteiger partial charge in [-0.05, 0) is 138 Å². The molecule has 2 unspecified atom stereocenters. The summed E-state index contributed by atoms with van der Waals surface area (Å²) in [6, 6.07) is 0. The number of rotatable bonds is 19. The van der Waals surface area contributed by atoms with Gasteiger partial charge in [-0.1, -0.05) is 84.6 Å². The molecule has 0 aromatic carbocycles. The second-order valence-electron chi connectivity index (χ2n) is 19.1. The van der Waals surface area contributed by atoms with Crippen molar-refractivity contribution in [2.24, 2.45) is 47.3 Å². The average Bonchev–Trinajstić information content (AvgIpc) is 3.76. The number of nitrogens with zero attached hydrogens (tertiary/aromatic N) is 1. The van der Waals surface area contributed by atoms with E-state index in [2.05, 4.69) is 25.3 Å². The van der Waals surface area contributed by atoms with Crippen molar-refractivity contribution in [1.29, 1.82) is 0 Å². The lowest BCUT2D eigenvalue weighted by Crippen LogP contribution is -2.33. The Morgan fingerprint density at radius 1 is 0.629 bits per heavy atom. The summed E-state index contributed by atoms with van der Waals surface area (Å²) in [6.07, 6.45) is 31.8. The number of allylic oxidation sites excluding steroid dienone is 2. The Bertz CT molecular complexity index is 1580. The predicted octanol–water partition coefficient (Wildman–Crippen LogP) is 12.8. The van der Waals surface area contributed by atoms with E-state index in [1.54, 1.807) is 12.2 Å². The highest BCUT2D eigenvalue weighted by molar-refractivity contribution is 8.26. The second kappa shape index (κ2) is 24.9. The minimum absolute atomic E-state index is 0.0649. The van der Waals surface area contributed by atoms with Crippen LogP contribution in [0.4, 0.5) is 0 Å². The van der Waals surface area contributed by atoms with Gasteiger partial charge in [0.05, 0.1) is 46.4 Å². The maximum atomic E-state index is 13.8. The smallest absolute Gasteiger partial charge is 0.338 e. The van der Waals surface area contributed by atoms with E-state index in [1.807, 2.05) is 0 Å². The summed E-state index contributed by atoms with van der Waals surface area (Å²) in [4.78, 5) is 55.8. The first-order chi connectivity index (χ1) is 30.2. The molecule has 1 aliphatic heterocycles. The average molecular weight is 892 g/mol. The highest BCUT2D eigenvalue weighted by atomic mass is 32.2. The van der Waals surface area contributed by atoms with E-state index in [4.69, 9.17) is 25.5 Å². The lowest BCUT2D eigenvalue weighted by Gasteiger charge is -2.37. The molecule has 342 valence electrons. The molecule has 0 amide bonds. The molecule has 1 saturated heterocycles. The molecular weight excluding hydrogens is 819 g/mol. The van der Waals surface area contributed by atoms with Crippen LogP contribution in [-0.2, 0) is 38.1 Å². The van der Waals surface area contributed by atoms with Crippen LogP contribution in [0.15, 0.2) is 46.3 Å². The highest BCUT2D eigenvalue weighted by Gasteiger charge is 2.46. The first-order valence-electron chi connectivity index (χ1n) is 24.5. The lowest BCUT2D eigenvalue weighted by atomic mass is 9.68. The Morgan fingerprint density at radius 2 is 1.03 bits per heavy atom. The molecule has 0 aromatic heterocycles. The molecule has 6 aliphatic rings. The van der Waals surface area contributed by atoms with Crippen LogP contribution >= 0.6 is 23.5 Å². The van der Waals surface area contributed by atoms with Crippen molar-refractivity contribution in [3.05, 3.63) is 57.7 Å². The van der Waals surface area contributed by atoms with E-state index < -0.39 is 22.4 Å². The molecule has 4 saturated carbocycles. The van der Waals surface area contributed by atoms with Crippen LogP contribution in [-0.4, -0.2) is 47.6 Å². The molecule has 9 nitrogen and oxygen atoms in total. The third-order valence-electron chi connectivity index (χ3n) is 15.1. The van der Waals surface area contributed by atoms with Gasteiger partial charge in [-0.2, -0.15) is 0 Å². The van der Waals surface area contributed by atoms with E-state index in [0.717, 1.165) is 81.1 Å². The van der Waals surface area contributed by atoms with Gasteiger partial charge in [0.15, 0.2) is 0 Å². The first kappa shape index (κ1) is 48.5. The molecule has 0 radical (unpaired) electrons. The number of carbonyl (C=O) groups excluding carboxylic acids is 4. The monoisotopic (exact) mass is 891 g/mol. The maximum absolute atomic E-state index is 13.8. The highest BCUT2D eigenvalue weighted by Crippen LogP contribution is 2.56. The van der Waals surface area contributed by atoms with E-state index in [0.29, 0.717) is 40.4 Å².